The van der Waals surface area contributed by atoms with Crippen LogP contribution in [0.2, 0.25) is 0 Å². The normalized spacial score (nSPS) is 6.61. The third kappa shape index (κ3) is 142. The van der Waals surface area contributed by atoms with E-state index < -0.39 is 0 Å². The summed E-state index contributed by atoms with van der Waals surface area (Å²) >= 11 is 0. The van der Waals surface area contributed by atoms with Crippen molar-refractivity contribution in [3.8, 4) is 0 Å². The largest absolute Gasteiger partial charge is 1.00 e. The van der Waals surface area contributed by atoms with Crippen molar-refractivity contribution >= 4 is 23.1 Å². The molecule has 0 N–H and O–H groups in total. The van der Waals surface area contributed by atoms with Crippen LogP contribution >= 0.6 is 0 Å². The summed E-state index contributed by atoms with van der Waals surface area (Å²) in [4.78, 5) is 39.2. The molecule has 0 aliphatic heterocycles. The molecule has 0 aromatic rings. The predicted molar refractivity (Wildman–Crippen MR) is 98.5 cm³/mol. The Balaban J connectivity index is -0.0000000225. The van der Waals surface area contributed by atoms with Crippen LogP contribution in [-0.2, 0) is 19.2 Å². The van der Waals surface area contributed by atoms with Gasteiger partial charge in [-0.05, 0) is 27.7 Å². The Hall–Kier alpha value is -0.320. The van der Waals surface area contributed by atoms with E-state index in [0.717, 1.165) is 0 Å². The maximum atomic E-state index is 9.81. The van der Waals surface area contributed by atoms with E-state index in [1.807, 2.05) is 27.7 Å². The molecule has 0 saturated heterocycles. The average Bonchev–Trinajstić information content (AvgIpc) is 2.40. The Morgan fingerprint density at radius 2 is 0.565 bits per heavy atom. The van der Waals surface area contributed by atoms with Gasteiger partial charge in [-0.3, -0.25) is 0 Å². The quantitative estimate of drug-likeness (QED) is 0.734. The molecule has 0 spiro atoms. The van der Waals surface area contributed by atoms with Crippen LogP contribution in [-0.4, -0.2) is 23.1 Å². The van der Waals surface area contributed by atoms with Crippen molar-refractivity contribution in [2.45, 2.75) is 95.9 Å². The molecule has 4 nitrogen and oxygen atoms in total. The van der Waals surface area contributed by atoms with E-state index >= 15 is 0 Å². The van der Waals surface area contributed by atoms with Gasteiger partial charge in [-0.15, -0.1) is 0 Å². The van der Waals surface area contributed by atoms with Crippen molar-refractivity contribution < 1.29 is 50.2 Å². The van der Waals surface area contributed by atoms with Crippen LogP contribution in [0.3, 0.4) is 0 Å². The monoisotopic (exact) mass is 344 g/mol. The zero-order chi connectivity index (χ0) is 17.1. The van der Waals surface area contributed by atoms with Gasteiger partial charge in [-0.1, -0.05) is 42.5 Å². The summed E-state index contributed by atoms with van der Waals surface area (Å²) in [5.41, 5.74) is 0. The van der Waals surface area contributed by atoms with Gasteiger partial charge in [-0.25, -0.2) is 0 Å². The van der Waals surface area contributed by atoms with Gasteiger partial charge < -0.3 is 20.6 Å². The van der Waals surface area contributed by atoms with Crippen LogP contribution in [0, 0.1) is 0 Å². The third-order valence-corrected chi connectivity index (χ3v) is 1.99. The van der Waals surface area contributed by atoms with Gasteiger partial charge in [0, 0.05) is 25.7 Å². The summed E-state index contributed by atoms with van der Waals surface area (Å²) in [5.74, 6) is 1.02. The van der Waals surface area contributed by atoms with Crippen LogP contribution in [0.15, 0.2) is 0 Å². The van der Waals surface area contributed by atoms with E-state index in [-0.39, 0.29) is 69.0 Å². The van der Waals surface area contributed by atoms with Crippen molar-refractivity contribution in [1.82, 2.24) is 0 Å². The fraction of sp³-hybridized carbons (Fsp3) is 0.778. The Labute approximate surface area is 169 Å². The van der Waals surface area contributed by atoms with Crippen molar-refractivity contribution in [3.63, 3.8) is 0 Å². The van der Waals surface area contributed by atoms with Crippen LogP contribution in [0.1, 0.15) is 97.4 Å². The topological polar surface area (TPSA) is 68.3 Å². The van der Waals surface area contributed by atoms with Crippen molar-refractivity contribution in [2.75, 3.05) is 0 Å². The number of hydrogen-bond donors (Lipinski definition) is 0. The first-order chi connectivity index (χ1) is 9.08. The zero-order valence-corrected chi connectivity index (χ0v) is 17.5. The van der Waals surface area contributed by atoms with Gasteiger partial charge in [0.1, 0.15) is 23.1 Å². The number of carbonyl (C=O) groups is 4. The number of ketones is 4. The zero-order valence-electron chi connectivity index (χ0n) is 16.5. The van der Waals surface area contributed by atoms with E-state index in [1.54, 1.807) is 27.7 Å². The molecule has 0 rings (SSSR count). The molecule has 0 heterocycles. The van der Waals surface area contributed by atoms with E-state index in [2.05, 4.69) is 0 Å². The molecule has 0 saturated carbocycles. The van der Waals surface area contributed by atoms with Gasteiger partial charge in [-0.2, -0.15) is 0 Å². The van der Waals surface area contributed by atoms with Crippen LogP contribution in [0.25, 0.3) is 0 Å². The van der Waals surface area contributed by atoms with Crippen molar-refractivity contribution in [1.29, 1.82) is 0 Å². The summed E-state index contributed by atoms with van der Waals surface area (Å²) in [6, 6.07) is 0. The molecule has 138 valence electrons. The summed E-state index contributed by atoms with van der Waals surface area (Å²) < 4.78 is 0. The van der Waals surface area contributed by atoms with Crippen LogP contribution < -0.4 is 29.6 Å². The molecule has 0 aromatic heterocycles. The van der Waals surface area contributed by atoms with Crippen molar-refractivity contribution in [3.05, 3.63) is 0 Å². The first-order valence-corrected chi connectivity index (χ1v) is 7.06. The molecule has 0 aliphatic rings. The maximum absolute atomic E-state index is 9.81. The van der Waals surface area contributed by atoms with E-state index in [1.165, 1.54) is 0 Å². The van der Waals surface area contributed by atoms with Gasteiger partial charge in [0.15, 0.2) is 0 Å². The minimum Gasteiger partial charge on any atom is -1.00 e. The van der Waals surface area contributed by atoms with E-state index in [4.69, 9.17) is 0 Å². The predicted octanol–water partition coefficient (Wildman–Crippen LogP) is 2.33. The van der Waals surface area contributed by atoms with E-state index in [9.17, 15) is 19.2 Å². The van der Waals surface area contributed by atoms with Gasteiger partial charge in [0.25, 0.3) is 0 Å². The average molecular weight is 345 g/mol. The summed E-state index contributed by atoms with van der Waals surface area (Å²) in [6.45, 7) is 13.7. The number of carbonyl (C=O) groups excluding carboxylic acids is 4. The SMILES string of the molecule is C.C.CCC(C)=O.CCC(C)=O.CCC(C)=O.CCC(C)=O.[H-].[Na+]. The van der Waals surface area contributed by atoms with E-state index in [0.29, 0.717) is 25.7 Å². The second-order valence-electron chi connectivity index (χ2n) is 4.22. The maximum Gasteiger partial charge on any atom is 1.00 e. The minimum absolute atomic E-state index is 0. The summed E-state index contributed by atoms with van der Waals surface area (Å²) in [5, 5.41) is 0. The number of rotatable bonds is 4. The van der Waals surface area contributed by atoms with Crippen LogP contribution in [0.4, 0.5) is 0 Å². The first-order valence-electron chi connectivity index (χ1n) is 7.06. The molecule has 0 aliphatic carbocycles. The van der Waals surface area contributed by atoms with Gasteiger partial charge in [0.2, 0.25) is 0 Å². The smallest absolute Gasteiger partial charge is 1.00 e. The minimum atomic E-state index is 0. The fourth-order valence-electron chi connectivity index (χ4n) is 0. The fourth-order valence-corrected chi connectivity index (χ4v) is 0. The molecule has 0 bridgehead atoms. The molecule has 0 aromatic carbocycles. The molecular weight excluding hydrogens is 303 g/mol. The number of Topliss-reactive ketones (excluding diaryl/α,β-unsaturated/α-hetero) is 4. The molecule has 0 unspecified atom stereocenters. The molecule has 5 heteroatoms. The summed E-state index contributed by atoms with van der Waals surface area (Å²) in [6.07, 6.45) is 2.67. The Kier molecular flexibility index (Phi) is 71.1. The second-order valence-corrected chi connectivity index (χ2v) is 4.22. The number of hydrogen-bond acceptors (Lipinski definition) is 4. The summed E-state index contributed by atoms with van der Waals surface area (Å²) in [7, 11) is 0. The first kappa shape index (κ1) is 43.4. The third-order valence-electron chi connectivity index (χ3n) is 1.99. The van der Waals surface area contributed by atoms with Gasteiger partial charge in [0.05, 0.1) is 0 Å². The standard InChI is InChI=1S/4C4H8O.2CH4.Na.H/c4*1-3-4(2)5;;;;/h4*3H2,1-2H3;2*1H4;;/q;;;;;;+1;-1. The van der Waals surface area contributed by atoms with Crippen LogP contribution in [0.5, 0.6) is 0 Å². The molecule has 0 atom stereocenters. The molecule has 0 radical (unpaired) electrons. The molecule has 0 amide bonds. The van der Waals surface area contributed by atoms with Gasteiger partial charge >= 0.3 is 29.6 Å². The molecule has 0 fully saturated rings. The second kappa shape index (κ2) is 37.7. The molecular formula is C18H41NaO4. The Bertz CT molecular complexity index is 224. The van der Waals surface area contributed by atoms with Crippen molar-refractivity contribution in [2.24, 2.45) is 0 Å². The Morgan fingerprint density at radius 1 is 0.522 bits per heavy atom. The Morgan fingerprint density at radius 3 is 0.565 bits per heavy atom. The molecule has 23 heavy (non-hydrogen) atoms.